The van der Waals surface area contributed by atoms with Crippen molar-refractivity contribution < 1.29 is 0 Å². The number of allylic oxidation sites excluding steroid dienone is 1. The van der Waals surface area contributed by atoms with Crippen LogP contribution in [0.2, 0.25) is 0 Å². The third-order valence-corrected chi connectivity index (χ3v) is 1.24. The molecule has 1 heterocycles. The molecule has 0 amide bonds. The Kier molecular flexibility index (Phi) is 2.38. The summed E-state index contributed by atoms with van der Waals surface area (Å²) >= 11 is 0. The highest BCUT2D eigenvalue weighted by Crippen LogP contribution is 1.62. The van der Waals surface area contributed by atoms with E-state index in [1.165, 1.54) is 6.20 Å². The maximum absolute atomic E-state index is 5.33. The summed E-state index contributed by atoms with van der Waals surface area (Å²) in [6.07, 6.45) is 6.49. The fraction of sp³-hybridized carbons (Fsp3) is 0. The maximum atomic E-state index is 5.33. The molecule has 0 aliphatic heterocycles. The Hall–Kier alpha value is -1.64. The lowest BCUT2D eigenvalue weighted by molar-refractivity contribution is 0.981. The van der Waals surface area contributed by atoms with Gasteiger partial charge in [-0.15, -0.1) is 0 Å². The average molecular weight is 147 g/mol. The summed E-state index contributed by atoms with van der Waals surface area (Å²) in [5.41, 5.74) is 5.33. The summed E-state index contributed by atoms with van der Waals surface area (Å²) in [6.45, 7) is 3.55. The minimum Gasteiger partial charge on any atom is -0.404 e. The van der Waals surface area contributed by atoms with Gasteiger partial charge in [0.05, 0.1) is 11.5 Å². The van der Waals surface area contributed by atoms with Gasteiger partial charge in [0.25, 0.3) is 0 Å². The first kappa shape index (κ1) is 7.47. The molecule has 1 rings (SSSR count). The Bertz CT molecular complexity index is 354. The van der Waals surface area contributed by atoms with Crippen LogP contribution in [-0.2, 0) is 0 Å². The van der Waals surface area contributed by atoms with Crippen molar-refractivity contribution in [3.8, 4) is 0 Å². The van der Waals surface area contributed by atoms with E-state index in [-0.39, 0.29) is 0 Å². The third-order valence-electron chi connectivity index (χ3n) is 1.24. The molecule has 0 radical (unpaired) electrons. The predicted molar refractivity (Wildman–Crippen MR) is 44.6 cm³/mol. The van der Waals surface area contributed by atoms with Gasteiger partial charge in [0.15, 0.2) is 0 Å². The number of hydrogen-bond donors (Lipinski definition) is 1. The second kappa shape index (κ2) is 3.51. The van der Waals surface area contributed by atoms with Crippen LogP contribution in [0.15, 0.2) is 24.9 Å². The zero-order valence-electron chi connectivity index (χ0n) is 6.07. The third kappa shape index (κ3) is 1.64. The van der Waals surface area contributed by atoms with E-state index in [9.17, 15) is 0 Å². The van der Waals surface area contributed by atoms with E-state index in [4.69, 9.17) is 5.73 Å². The van der Waals surface area contributed by atoms with Crippen LogP contribution in [0.4, 0.5) is 0 Å². The van der Waals surface area contributed by atoms with Gasteiger partial charge in [-0.25, -0.2) is 0 Å². The van der Waals surface area contributed by atoms with Crippen molar-refractivity contribution in [1.82, 2.24) is 10.2 Å². The van der Waals surface area contributed by atoms with E-state index < -0.39 is 0 Å². The van der Waals surface area contributed by atoms with Crippen LogP contribution in [0.25, 0.3) is 12.3 Å². The van der Waals surface area contributed by atoms with Gasteiger partial charge in [-0.3, -0.25) is 0 Å². The molecular formula is C8H9N3. The smallest absolute Gasteiger partial charge is 0.0943 e. The number of rotatable bonds is 1. The summed E-state index contributed by atoms with van der Waals surface area (Å²) in [7, 11) is 0. The molecule has 0 aliphatic carbocycles. The molecule has 1 aromatic rings. The predicted octanol–water partition coefficient (Wildman–Crippen LogP) is -0.860. The molecule has 56 valence electrons. The number of nitrogens with zero attached hydrogens (tertiary/aromatic N) is 2. The fourth-order valence-electron chi connectivity index (χ4n) is 0.734. The van der Waals surface area contributed by atoms with E-state index >= 15 is 0 Å². The van der Waals surface area contributed by atoms with Crippen LogP contribution < -0.4 is 16.3 Å². The molecule has 3 heteroatoms. The van der Waals surface area contributed by atoms with Crippen LogP contribution in [0.1, 0.15) is 0 Å². The molecule has 0 atom stereocenters. The summed E-state index contributed by atoms with van der Waals surface area (Å²) in [5, 5.41) is 9.16. The van der Waals surface area contributed by atoms with E-state index in [2.05, 4.69) is 16.8 Å². The monoisotopic (exact) mass is 147 g/mol. The SMILES string of the molecule is C=C/C=c1/nncc/c1=C/N. The van der Waals surface area contributed by atoms with Gasteiger partial charge in [-0.05, 0) is 12.1 Å². The van der Waals surface area contributed by atoms with Gasteiger partial charge in [0.1, 0.15) is 0 Å². The van der Waals surface area contributed by atoms with Crippen molar-refractivity contribution in [3.05, 3.63) is 35.5 Å². The number of aromatic nitrogens is 2. The summed E-state index contributed by atoms with van der Waals surface area (Å²) in [6, 6.07) is 1.79. The standard InChI is InChI=1S/C8H9N3/c1-2-3-8-7(6-9)4-5-10-11-8/h2-6H,1,9H2/b7-6-,8-3+. The molecule has 0 aromatic carbocycles. The number of hydrogen-bond acceptors (Lipinski definition) is 3. The lowest BCUT2D eigenvalue weighted by Gasteiger charge is -1.84. The molecule has 0 aliphatic rings. The zero-order chi connectivity index (χ0) is 8.10. The molecule has 0 bridgehead atoms. The highest BCUT2D eigenvalue weighted by atomic mass is 15.1. The summed E-state index contributed by atoms with van der Waals surface area (Å²) in [4.78, 5) is 0. The van der Waals surface area contributed by atoms with Crippen LogP contribution in [-0.4, -0.2) is 10.2 Å². The fourth-order valence-corrected chi connectivity index (χ4v) is 0.734. The van der Waals surface area contributed by atoms with Crippen molar-refractivity contribution in [2.45, 2.75) is 0 Å². The number of nitrogens with two attached hydrogens (primary N) is 1. The average Bonchev–Trinajstić information content (AvgIpc) is 2.06. The van der Waals surface area contributed by atoms with Gasteiger partial charge in [-0.1, -0.05) is 12.7 Å². The molecular weight excluding hydrogens is 138 g/mol. The van der Waals surface area contributed by atoms with Gasteiger partial charge >= 0.3 is 0 Å². The summed E-state index contributed by atoms with van der Waals surface area (Å²) in [5.74, 6) is 0. The van der Waals surface area contributed by atoms with Gasteiger partial charge < -0.3 is 5.73 Å². The zero-order valence-corrected chi connectivity index (χ0v) is 6.07. The van der Waals surface area contributed by atoms with E-state index in [0.29, 0.717) is 0 Å². The first-order valence-electron chi connectivity index (χ1n) is 3.21. The Balaban J connectivity index is 3.48. The lowest BCUT2D eigenvalue weighted by Crippen LogP contribution is -2.29. The Morgan fingerprint density at radius 3 is 3.00 bits per heavy atom. The molecule has 2 N–H and O–H groups in total. The quantitative estimate of drug-likeness (QED) is 0.562. The highest BCUT2D eigenvalue weighted by Gasteiger charge is 1.81. The molecule has 0 unspecified atom stereocenters. The second-order valence-electron chi connectivity index (χ2n) is 1.94. The molecule has 0 saturated heterocycles. The van der Waals surface area contributed by atoms with Crippen molar-refractivity contribution in [1.29, 1.82) is 0 Å². The Labute approximate surface area is 64.6 Å². The van der Waals surface area contributed by atoms with Crippen molar-refractivity contribution in [2.24, 2.45) is 5.73 Å². The van der Waals surface area contributed by atoms with Crippen molar-refractivity contribution in [3.63, 3.8) is 0 Å². The normalized spacial score (nSPS) is 13.5. The molecule has 3 nitrogen and oxygen atoms in total. The van der Waals surface area contributed by atoms with Crippen LogP contribution in [0.5, 0.6) is 0 Å². The largest absolute Gasteiger partial charge is 0.404 e. The Morgan fingerprint density at radius 1 is 1.55 bits per heavy atom. The lowest BCUT2D eigenvalue weighted by atomic mass is 10.4. The first-order valence-corrected chi connectivity index (χ1v) is 3.21. The Morgan fingerprint density at radius 2 is 2.36 bits per heavy atom. The molecule has 0 spiro atoms. The van der Waals surface area contributed by atoms with Crippen LogP contribution in [0.3, 0.4) is 0 Å². The second-order valence-corrected chi connectivity index (χ2v) is 1.94. The van der Waals surface area contributed by atoms with Crippen LogP contribution in [0, 0.1) is 0 Å². The maximum Gasteiger partial charge on any atom is 0.0943 e. The molecule has 1 aromatic heterocycles. The van der Waals surface area contributed by atoms with Gasteiger partial charge in [0.2, 0.25) is 0 Å². The summed E-state index contributed by atoms with van der Waals surface area (Å²) < 4.78 is 0. The van der Waals surface area contributed by atoms with E-state index in [1.807, 2.05) is 0 Å². The molecule has 0 saturated carbocycles. The van der Waals surface area contributed by atoms with Crippen molar-refractivity contribution in [2.75, 3.05) is 0 Å². The van der Waals surface area contributed by atoms with E-state index in [0.717, 1.165) is 10.6 Å². The van der Waals surface area contributed by atoms with E-state index in [1.54, 1.807) is 24.4 Å². The topological polar surface area (TPSA) is 51.8 Å². The minimum atomic E-state index is 0.741. The molecule has 11 heavy (non-hydrogen) atoms. The van der Waals surface area contributed by atoms with Crippen LogP contribution >= 0.6 is 0 Å². The highest BCUT2D eigenvalue weighted by molar-refractivity contribution is 5.34. The first-order chi connectivity index (χ1) is 5.38. The van der Waals surface area contributed by atoms with Gasteiger partial charge in [-0.2, -0.15) is 10.2 Å². The minimum absolute atomic E-state index is 0.741. The van der Waals surface area contributed by atoms with Gasteiger partial charge in [0, 0.05) is 11.4 Å². The molecule has 0 fully saturated rings. The van der Waals surface area contributed by atoms with Crippen molar-refractivity contribution >= 4 is 12.3 Å².